The molecule has 9 heavy (non-hydrogen) atoms. The van der Waals surface area contributed by atoms with Crippen molar-refractivity contribution in [3.63, 3.8) is 0 Å². The molecular weight excluding hydrogens is 340 g/mol. The Kier molecular flexibility index (Phi) is 7.12. The average Bonchev–Trinajstić information content (AvgIpc) is 1.83. The molecule has 0 fully saturated rings. The molecule has 0 aromatic heterocycles. The van der Waals surface area contributed by atoms with Crippen LogP contribution in [0.5, 0.6) is 0 Å². The van der Waals surface area contributed by atoms with E-state index in [4.69, 9.17) is 0 Å². The van der Waals surface area contributed by atoms with Crippen LogP contribution in [0.2, 0.25) is 0 Å². The smallest absolute Gasteiger partial charge is 0.0198 e. The Morgan fingerprint density at radius 2 is 2.11 bits per heavy atom. The van der Waals surface area contributed by atoms with E-state index in [9.17, 15) is 0 Å². The van der Waals surface area contributed by atoms with Crippen LogP contribution in [-0.4, -0.2) is 20.6 Å². The van der Waals surface area contributed by atoms with Crippen LogP contribution in [-0.2, 0) is 0 Å². The van der Waals surface area contributed by atoms with Crippen molar-refractivity contribution in [2.75, 3.05) is 13.6 Å². The molecule has 0 aromatic carbocycles. The molecule has 0 saturated carbocycles. The van der Waals surface area contributed by atoms with Crippen molar-refractivity contribution in [1.82, 2.24) is 3.11 Å². The highest BCUT2D eigenvalue weighted by Crippen LogP contribution is 2.11. The van der Waals surface area contributed by atoms with Crippen LogP contribution in [0.25, 0.3) is 0 Å². The molecule has 3 heteroatoms. The van der Waals surface area contributed by atoms with Gasteiger partial charge in [-0.2, -0.15) is 0 Å². The van der Waals surface area contributed by atoms with Crippen LogP contribution in [0.4, 0.5) is 0 Å². The largest absolute Gasteiger partial charge is 0.251 e. The summed E-state index contributed by atoms with van der Waals surface area (Å²) in [6.07, 6.45) is 2.61. The van der Waals surface area contributed by atoms with Gasteiger partial charge in [0.15, 0.2) is 0 Å². The zero-order valence-electron chi connectivity index (χ0n) is 5.90. The molecule has 1 atom stereocenters. The molecule has 0 bridgehead atoms. The molecule has 1 unspecified atom stereocenters. The topological polar surface area (TPSA) is 3.24 Å². The molecule has 0 amide bonds. The quantitative estimate of drug-likeness (QED) is 0.427. The van der Waals surface area contributed by atoms with Crippen molar-refractivity contribution in [2.24, 2.45) is 0 Å². The standard InChI is InChI=1S/C6H13I2N/c1-3-6(7)4-5-9(2)8/h6H,3-5H2,1-2H3. The summed E-state index contributed by atoms with van der Waals surface area (Å²) in [5.74, 6) is 0. The van der Waals surface area contributed by atoms with Crippen LogP contribution in [0.1, 0.15) is 19.8 Å². The van der Waals surface area contributed by atoms with Gasteiger partial charge >= 0.3 is 0 Å². The van der Waals surface area contributed by atoms with E-state index in [1.54, 1.807) is 0 Å². The average molecular weight is 353 g/mol. The van der Waals surface area contributed by atoms with Crippen molar-refractivity contribution in [3.8, 4) is 0 Å². The lowest BCUT2D eigenvalue weighted by atomic mass is 10.2. The summed E-state index contributed by atoms with van der Waals surface area (Å²) in [6, 6.07) is 0. The van der Waals surface area contributed by atoms with Gasteiger partial charge in [0.2, 0.25) is 0 Å². The van der Waals surface area contributed by atoms with Crippen molar-refractivity contribution in [1.29, 1.82) is 0 Å². The molecule has 0 aliphatic heterocycles. The summed E-state index contributed by atoms with van der Waals surface area (Å²) in [7, 11) is 2.11. The molecule has 0 saturated heterocycles. The maximum Gasteiger partial charge on any atom is 0.0198 e. The molecule has 56 valence electrons. The number of hydrogen-bond donors (Lipinski definition) is 0. The van der Waals surface area contributed by atoms with E-state index in [2.05, 4.69) is 62.5 Å². The first-order valence-electron chi connectivity index (χ1n) is 3.17. The minimum absolute atomic E-state index is 0.861. The van der Waals surface area contributed by atoms with Gasteiger partial charge in [0.05, 0.1) is 0 Å². The van der Waals surface area contributed by atoms with Crippen molar-refractivity contribution in [2.45, 2.75) is 23.7 Å². The first-order chi connectivity index (χ1) is 4.16. The molecule has 0 radical (unpaired) electrons. The summed E-state index contributed by atoms with van der Waals surface area (Å²) in [5, 5.41) is 0. The first-order valence-corrected chi connectivity index (χ1v) is 5.38. The van der Waals surface area contributed by atoms with E-state index in [0.29, 0.717) is 0 Å². The van der Waals surface area contributed by atoms with Gasteiger partial charge in [0.1, 0.15) is 0 Å². The van der Waals surface area contributed by atoms with Crippen LogP contribution < -0.4 is 0 Å². The third kappa shape index (κ3) is 7.32. The summed E-state index contributed by atoms with van der Waals surface area (Å²) in [6.45, 7) is 3.45. The Labute approximate surface area is 85.2 Å². The highest BCUT2D eigenvalue weighted by Gasteiger charge is 2.00. The van der Waals surface area contributed by atoms with Gasteiger partial charge in [0, 0.05) is 33.3 Å². The van der Waals surface area contributed by atoms with Crippen LogP contribution in [0.15, 0.2) is 0 Å². The highest BCUT2D eigenvalue weighted by molar-refractivity contribution is 14.1. The Hall–Kier alpha value is 1.42. The molecule has 0 heterocycles. The molecule has 0 spiro atoms. The van der Waals surface area contributed by atoms with Gasteiger partial charge in [-0.05, 0) is 19.9 Å². The van der Waals surface area contributed by atoms with Gasteiger partial charge in [-0.25, -0.2) is 0 Å². The molecular formula is C6H13I2N. The highest BCUT2D eigenvalue weighted by atomic mass is 127. The van der Waals surface area contributed by atoms with Crippen LogP contribution >= 0.6 is 45.5 Å². The molecule has 0 rings (SSSR count). The fourth-order valence-corrected chi connectivity index (χ4v) is 1.08. The van der Waals surface area contributed by atoms with E-state index in [-0.39, 0.29) is 0 Å². The van der Waals surface area contributed by atoms with E-state index < -0.39 is 0 Å². The lowest BCUT2D eigenvalue weighted by Crippen LogP contribution is -2.10. The maximum absolute atomic E-state index is 2.51. The van der Waals surface area contributed by atoms with Gasteiger partial charge in [0.25, 0.3) is 0 Å². The summed E-state index contributed by atoms with van der Waals surface area (Å²) in [4.78, 5) is 0. The second kappa shape index (κ2) is 6.15. The molecule has 0 N–H and O–H groups in total. The van der Waals surface area contributed by atoms with E-state index in [1.807, 2.05) is 0 Å². The zero-order valence-corrected chi connectivity index (χ0v) is 10.2. The number of alkyl halides is 1. The summed E-state index contributed by atoms with van der Waals surface area (Å²) in [5.41, 5.74) is 0. The normalized spacial score (nSPS) is 14.3. The zero-order chi connectivity index (χ0) is 7.28. The monoisotopic (exact) mass is 353 g/mol. The lowest BCUT2D eigenvalue weighted by Gasteiger charge is -2.09. The molecule has 0 aliphatic carbocycles. The van der Waals surface area contributed by atoms with Gasteiger partial charge in [-0.1, -0.05) is 29.5 Å². The van der Waals surface area contributed by atoms with Crippen molar-refractivity contribution in [3.05, 3.63) is 0 Å². The van der Waals surface area contributed by atoms with Gasteiger partial charge in [-0.3, -0.25) is 3.11 Å². The second-order valence-electron chi connectivity index (χ2n) is 2.12. The van der Waals surface area contributed by atoms with Gasteiger partial charge in [-0.15, -0.1) is 0 Å². The fourth-order valence-electron chi connectivity index (χ4n) is 0.522. The predicted molar refractivity (Wildman–Crippen MR) is 59.4 cm³/mol. The third-order valence-electron chi connectivity index (χ3n) is 1.19. The minimum Gasteiger partial charge on any atom is -0.251 e. The molecule has 1 nitrogen and oxygen atoms in total. The number of hydrogen-bond acceptors (Lipinski definition) is 1. The third-order valence-corrected chi connectivity index (χ3v) is 3.18. The Balaban J connectivity index is 3.06. The van der Waals surface area contributed by atoms with E-state index in [0.717, 1.165) is 3.92 Å². The molecule has 0 aromatic rings. The van der Waals surface area contributed by atoms with Crippen molar-refractivity contribution < 1.29 is 0 Å². The first kappa shape index (κ1) is 10.4. The number of rotatable bonds is 4. The number of nitrogens with zero attached hydrogens (tertiary/aromatic N) is 1. The molecule has 0 aliphatic rings. The van der Waals surface area contributed by atoms with E-state index in [1.165, 1.54) is 19.4 Å². The lowest BCUT2D eigenvalue weighted by molar-refractivity contribution is 0.570. The van der Waals surface area contributed by atoms with E-state index >= 15 is 0 Å². The fraction of sp³-hybridized carbons (Fsp3) is 1.00. The minimum atomic E-state index is 0.861. The van der Waals surface area contributed by atoms with Crippen LogP contribution in [0, 0.1) is 0 Å². The summed E-state index contributed by atoms with van der Waals surface area (Å²) >= 11 is 4.83. The predicted octanol–water partition coefficient (Wildman–Crippen LogP) is 2.87. The Morgan fingerprint density at radius 1 is 1.56 bits per heavy atom. The maximum atomic E-state index is 2.51. The Morgan fingerprint density at radius 3 is 2.44 bits per heavy atom. The van der Waals surface area contributed by atoms with Crippen LogP contribution in [0.3, 0.4) is 0 Å². The SMILES string of the molecule is CCC(I)CCN(C)I. The van der Waals surface area contributed by atoms with Crippen molar-refractivity contribution >= 4 is 45.5 Å². The summed E-state index contributed by atoms with van der Waals surface area (Å²) < 4.78 is 3.07. The number of halogens is 2. The Bertz CT molecular complexity index is 66.1. The van der Waals surface area contributed by atoms with Gasteiger partial charge < -0.3 is 0 Å². The second-order valence-corrected chi connectivity index (χ2v) is 5.53.